The van der Waals surface area contributed by atoms with E-state index in [4.69, 9.17) is 0 Å². The summed E-state index contributed by atoms with van der Waals surface area (Å²) in [7, 11) is 1.12. The van der Waals surface area contributed by atoms with Gasteiger partial charge in [-0.05, 0) is 36.4 Å². The number of nitrogens with zero attached hydrogens (tertiary/aromatic N) is 3. The van der Waals surface area contributed by atoms with Crippen molar-refractivity contribution in [2.75, 3.05) is 11.9 Å². The van der Waals surface area contributed by atoms with E-state index in [1.807, 2.05) is 0 Å². The monoisotopic (exact) mass is 443 g/mol. The first-order valence-corrected chi connectivity index (χ1v) is 8.52. The van der Waals surface area contributed by atoms with Crippen molar-refractivity contribution >= 4 is 11.6 Å². The maximum atomic E-state index is 14.2. The minimum Gasteiger partial charge on any atom is -0.309 e. The summed E-state index contributed by atoms with van der Waals surface area (Å²) in [6, 6.07) is 4.33. The number of anilines is 1. The quantitative estimate of drug-likeness (QED) is 0.496. The second kappa shape index (κ2) is 7.97. The van der Waals surface area contributed by atoms with Crippen LogP contribution in [0.5, 0.6) is 0 Å². The van der Waals surface area contributed by atoms with E-state index in [-0.39, 0.29) is 23.0 Å². The summed E-state index contributed by atoms with van der Waals surface area (Å²) >= 11 is 0. The van der Waals surface area contributed by atoms with Crippen LogP contribution in [0, 0.1) is 5.82 Å². The zero-order valence-corrected chi connectivity index (χ0v) is 15.6. The van der Waals surface area contributed by atoms with Gasteiger partial charge in [-0.1, -0.05) is 0 Å². The number of hydrogen-bond donors (Lipinski definition) is 0. The van der Waals surface area contributed by atoms with Crippen molar-refractivity contribution in [2.24, 2.45) is 0 Å². The molecule has 1 amide bonds. The zero-order valence-electron chi connectivity index (χ0n) is 15.6. The number of hydrogen-bond acceptors (Lipinski definition) is 3. The molecule has 0 aliphatic carbocycles. The van der Waals surface area contributed by atoms with E-state index in [0.29, 0.717) is 12.1 Å². The average Bonchev–Trinajstić information content (AvgIpc) is 2.71. The smallest absolute Gasteiger partial charge is 0.309 e. The van der Waals surface area contributed by atoms with E-state index in [9.17, 15) is 35.5 Å². The van der Waals surface area contributed by atoms with Gasteiger partial charge in [-0.15, -0.1) is 0 Å². The minimum absolute atomic E-state index is 0.0592. The molecule has 2 heterocycles. The van der Waals surface area contributed by atoms with E-state index in [0.717, 1.165) is 24.2 Å². The van der Waals surface area contributed by atoms with Gasteiger partial charge >= 0.3 is 12.4 Å². The second-order valence-corrected chi connectivity index (χ2v) is 6.39. The topological polar surface area (TPSA) is 46.1 Å². The van der Waals surface area contributed by atoms with Gasteiger partial charge < -0.3 is 4.90 Å². The summed E-state index contributed by atoms with van der Waals surface area (Å²) in [5.41, 5.74) is -4.24. The summed E-state index contributed by atoms with van der Waals surface area (Å²) < 4.78 is 92.8. The van der Waals surface area contributed by atoms with Crippen LogP contribution in [0.1, 0.15) is 21.5 Å². The van der Waals surface area contributed by atoms with Crippen molar-refractivity contribution in [3.05, 3.63) is 77.5 Å². The SMILES string of the molecule is CN(C(=O)c1cc(C(F)(F)F)cc(C(F)(F)F)c1)c1cnccc1-c1ncccc1F. The number of pyridine rings is 2. The molecule has 0 saturated heterocycles. The zero-order chi connectivity index (χ0) is 23.0. The lowest BCUT2D eigenvalue weighted by Gasteiger charge is -2.21. The van der Waals surface area contributed by atoms with Crippen LogP contribution >= 0.6 is 0 Å². The molecule has 0 bridgehead atoms. The predicted octanol–water partition coefficient (Wildman–Crippen LogP) is 5.60. The van der Waals surface area contributed by atoms with Crippen molar-refractivity contribution in [3.8, 4) is 11.3 Å². The van der Waals surface area contributed by atoms with Crippen LogP contribution in [0.2, 0.25) is 0 Å². The molecule has 0 atom stereocenters. The second-order valence-electron chi connectivity index (χ2n) is 6.39. The molecule has 2 aromatic heterocycles. The molecule has 0 N–H and O–H groups in total. The van der Waals surface area contributed by atoms with Gasteiger partial charge in [-0.2, -0.15) is 26.3 Å². The van der Waals surface area contributed by atoms with Crippen molar-refractivity contribution < 1.29 is 35.5 Å². The average molecular weight is 443 g/mol. The lowest BCUT2D eigenvalue weighted by molar-refractivity contribution is -0.143. The Labute approximate surface area is 171 Å². The van der Waals surface area contributed by atoms with Gasteiger partial charge in [0.05, 0.1) is 23.0 Å². The molecule has 0 saturated carbocycles. The number of carbonyl (C=O) groups is 1. The molecule has 31 heavy (non-hydrogen) atoms. The van der Waals surface area contributed by atoms with Crippen LogP contribution in [-0.4, -0.2) is 22.9 Å². The van der Waals surface area contributed by atoms with Crippen molar-refractivity contribution in [3.63, 3.8) is 0 Å². The Hall–Kier alpha value is -3.50. The fourth-order valence-corrected chi connectivity index (χ4v) is 2.82. The number of carbonyl (C=O) groups excluding carboxylic acids is 1. The fraction of sp³-hybridized carbons (Fsp3) is 0.150. The molecular formula is C20H12F7N3O. The van der Waals surface area contributed by atoms with Crippen LogP contribution in [0.4, 0.5) is 36.4 Å². The lowest BCUT2D eigenvalue weighted by Crippen LogP contribution is -2.28. The summed E-state index contributed by atoms with van der Waals surface area (Å²) in [6.07, 6.45) is -6.53. The van der Waals surface area contributed by atoms with E-state index in [1.165, 1.54) is 24.5 Å². The molecular weight excluding hydrogens is 431 g/mol. The first-order chi connectivity index (χ1) is 14.4. The van der Waals surface area contributed by atoms with Gasteiger partial charge in [-0.25, -0.2) is 4.39 Å². The van der Waals surface area contributed by atoms with E-state index < -0.39 is 40.8 Å². The van der Waals surface area contributed by atoms with Gasteiger partial charge in [-0.3, -0.25) is 14.8 Å². The van der Waals surface area contributed by atoms with Crippen LogP contribution in [0.3, 0.4) is 0 Å². The highest BCUT2D eigenvalue weighted by Crippen LogP contribution is 2.37. The number of halogens is 7. The molecule has 0 spiro atoms. The summed E-state index contributed by atoms with van der Waals surface area (Å²) in [5.74, 6) is -1.92. The summed E-state index contributed by atoms with van der Waals surface area (Å²) in [6.45, 7) is 0. The molecule has 0 unspecified atom stereocenters. The summed E-state index contributed by atoms with van der Waals surface area (Å²) in [5, 5.41) is 0. The Kier molecular flexibility index (Phi) is 5.70. The van der Waals surface area contributed by atoms with Gasteiger partial charge in [0.15, 0.2) is 0 Å². The molecule has 0 aliphatic heterocycles. The maximum absolute atomic E-state index is 14.2. The van der Waals surface area contributed by atoms with E-state index in [1.54, 1.807) is 0 Å². The molecule has 0 radical (unpaired) electrons. The van der Waals surface area contributed by atoms with Gasteiger partial charge in [0.1, 0.15) is 11.5 Å². The van der Waals surface area contributed by atoms with Crippen LogP contribution in [-0.2, 0) is 12.4 Å². The number of alkyl halides is 6. The van der Waals surface area contributed by atoms with Crippen molar-refractivity contribution in [1.29, 1.82) is 0 Å². The minimum atomic E-state index is -5.11. The van der Waals surface area contributed by atoms with Gasteiger partial charge in [0.25, 0.3) is 5.91 Å². The highest BCUT2D eigenvalue weighted by Gasteiger charge is 2.38. The van der Waals surface area contributed by atoms with E-state index in [2.05, 4.69) is 9.97 Å². The largest absolute Gasteiger partial charge is 0.416 e. The standard InChI is InChI=1S/C20H12F7N3O/c1-30(16-10-28-6-4-14(16)17-15(21)3-2-5-29-17)18(31)11-7-12(19(22,23)24)9-13(8-11)20(25,26)27/h2-10H,1H3. The molecule has 0 aliphatic rings. The third-order valence-corrected chi connectivity index (χ3v) is 4.31. The number of benzene rings is 1. The first-order valence-electron chi connectivity index (χ1n) is 8.52. The fourth-order valence-electron chi connectivity index (χ4n) is 2.82. The van der Waals surface area contributed by atoms with Crippen LogP contribution < -0.4 is 4.90 Å². The third-order valence-electron chi connectivity index (χ3n) is 4.31. The number of aromatic nitrogens is 2. The van der Waals surface area contributed by atoms with Crippen molar-refractivity contribution in [2.45, 2.75) is 12.4 Å². The molecule has 11 heteroatoms. The van der Waals surface area contributed by atoms with Gasteiger partial charge in [0.2, 0.25) is 0 Å². The maximum Gasteiger partial charge on any atom is 0.416 e. The molecule has 162 valence electrons. The first kappa shape index (κ1) is 22.2. The number of rotatable bonds is 3. The molecule has 1 aromatic carbocycles. The predicted molar refractivity (Wildman–Crippen MR) is 96.6 cm³/mol. The Morgan fingerprint density at radius 1 is 0.935 bits per heavy atom. The third kappa shape index (κ3) is 4.65. The highest BCUT2D eigenvalue weighted by molar-refractivity contribution is 6.07. The Bertz CT molecular complexity index is 1090. The highest BCUT2D eigenvalue weighted by atomic mass is 19.4. The Balaban J connectivity index is 2.10. The molecule has 3 aromatic rings. The normalized spacial score (nSPS) is 12.0. The number of amides is 1. The van der Waals surface area contributed by atoms with Crippen LogP contribution in [0.15, 0.2) is 55.0 Å². The molecule has 4 nitrogen and oxygen atoms in total. The molecule has 0 fully saturated rings. The molecule has 3 rings (SSSR count). The van der Waals surface area contributed by atoms with E-state index >= 15 is 0 Å². The summed E-state index contributed by atoms with van der Waals surface area (Å²) in [4.78, 5) is 21.3. The van der Waals surface area contributed by atoms with Gasteiger partial charge in [0, 0.05) is 30.6 Å². The Morgan fingerprint density at radius 2 is 1.55 bits per heavy atom. The Morgan fingerprint density at radius 3 is 2.10 bits per heavy atom. The lowest BCUT2D eigenvalue weighted by atomic mass is 10.0. The van der Waals surface area contributed by atoms with Crippen molar-refractivity contribution in [1.82, 2.24) is 9.97 Å². The van der Waals surface area contributed by atoms with Crippen LogP contribution in [0.25, 0.3) is 11.3 Å².